The molecular formula is C22H26N4O3. The molecule has 0 saturated heterocycles. The Morgan fingerprint density at radius 3 is 2.59 bits per heavy atom. The number of urea groups is 1. The molecule has 0 aliphatic rings. The van der Waals surface area contributed by atoms with E-state index in [1.807, 2.05) is 57.2 Å². The molecular weight excluding hydrogens is 368 g/mol. The van der Waals surface area contributed by atoms with Gasteiger partial charge in [-0.3, -0.25) is 0 Å². The van der Waals surface area contributed by atoms with Gasteiger partial charge in [0.15, 0.2) is 12.4 Å². The van der Waals surface area contributed by atoms with E-state index in [1.54, 1.807) is 11.9 Å². The summed E-state index contributed by atoms with van der Waals surface area (Å²) in [7, 11) is 1.73. The number of aryl methyl sites for hydroxylation is 3. The fourth-order valence-electron chi connectivity index (χ4n) is 2.90. The summed E-state index contributed by atoms with van der Waals surface area (Å²) in [5.74, 6) is 1.72. The van der Waals surface area contributed by atoms with Crippen LogP contribution in [-0.2, 0) is 13.0 Å². The molecule has 0 saturated carbocycles. The molecule has 0 atom stereocenters. The fourth-order valence-corrected chi connectivity index (χ4v) is 2.90. The standard InChI is InChI=1S/C22H26N4O3/c1-15-11-16(2)13-18(12-15)28-14-21-24-20(25-29-21)9-10-26(4)22(27)23-19-8-6-5-7-17(19)3/h5-8,11-13H,9-10,14H2,1-4H3,(H,23,27). The third-order valence-corrected chi connectivity index (χ3v) is 4.47. The predicted molar refractivity (Wildman–Crippen MR) is 111 cm³/mol. The minimum atomic E-state index is -0.179. The number of para-hydroxylation sites is 1. The third kappa shape index (κ3) is 5.81. The minimum absolute atomic E-state index is 0.179. The van der Waals surface area contributed by atoms with Crippen molar-refractivity contribution in [1.29, 1.82) is 0 Å². The van der Waals surface area contributed by atoms with E-state index in [2.05, 4.69) is 21.5 Å². The van der Waals surface area contributed by atoms with Crippen molar-refractivity contribution in [2.75, 3.05) is 18.9 Å². The number of rotatable bonds is 7. The molecule has 0 radical (unpaired) electrons. The second kappa shape index (κ2) is 9.23. The van der Waals surface area contributed by atoms with Gasteiger partial charge in [0.05, 0.1) is 0 Å². The average Bonchev–Trinajstić information content (AvgIpc) is 3.13. The quantitative estimate of drug-likeness (QED) is 0.647. The first kappa shape index (κ1) is 20.4. The van der Waals surface area contributed by atoms with Gasteiger partial charge in [-0.15, -0.1) is 0 Å². The van der Waals surface area contributed by atoms with Gasteiger partial charge in [-0.05, 0) is 55.7 Å². The van der Waals surface area contributed by atoms with E-state index in [4.69, 9.17) is 9.26 Å². The SMILES string of the molecule is Cc1cc(C)cc(OCc2nc(CCN(C)C(=O)Nc3ccccc3C)no2)c1. The van der Waals surface area contributed by atoms with E-state index in [-0.39, 0.29) is 12.6 Å². The first-order valence-corrected chi connectivity index (χ1v) is 9.51. The zero-order valence-corrected chi connectivity index (χ0v) is 17.2. The number of aromatic nitrogens is 2. The lowest BCUT2D eigenvalue weighted by molar-refractivity contribution is 0.222. The number of benzene rings is 2. The minimum Gasteiger partial charge on any atom is -0.484 e. The number of hydrogen-bond donors (Lipinski definition) is 1. The van der Waals surface area contributed by atoms with Crippen molar-refractivity contribution in [3.05, 3.63) is 70.9 Å². The Balaban J connectivity index is 1.48. The maximum Gasteiger partial charge on any atom is 0.321 e. The maximum atomic E-state index is 12.3. The molecule has 3 rings (SSSR count). The number of hydrogen-bond acceptors (Lipinski definition) is 5. The van der Waals surface area contributed by atoms with Gasteiger partial charge in [0.1, 0.15) is 5.75 Å². The molecule has 29 heavy (non-hydrogen) atoms. The number of anilines is 1. The lowest BCUT2D eigenvalue weighted by Crippen LogP contribution is -2.33. The van der Waals surface area contributed by atoms with Crippen molar-refractivity contribution in [2.45, 2.75) is 33.8 Å². The van der Waals surface area contributed by atoms with Crippen molar-refractivity contribution >= 4 is 11.7 Å². The highest BCUT2D eigenvalue weighted by Gasteiger charge is 2.13. The largest absolute Gasteiger partial charge is 0.484 e. The van der Waals surface area contributed by atoms with Gasteiger partial charge in [-0.1, -0.05) is 29.4 Å². The molecule has 7 nitrogen and oxygen atoms in total. The molecule has 0 fully saturated rings. The van der Waals surface area contributed by atoms with E-state index in [9.17, 15) is 4.79 Å². The molecule has 152 valence electrons. The van der Waals surface area contributed by atoms with Crippen molar-refractivity contribution in [3.63, 3.8) is 0 Å². The van der Waals surface area contributed by atoms with Crippen LogP contribution in [-0.4, -0.2) is 34.7 Å². The highest BCUT2D eigenvalue weighted by atomic mass is 16.5. The van der Waals surface area contributed by atoms with E-state index in [1.165, 1.54) is 0 Å². The maximum absolute atomic E-state index is 12.3. The van der Waals surface area contributed by atoms with E-state index < -0.39 is 0 Å². The van der Waals surface area contributed by atoms with Crippen LogP contribution in [0.2, 0.25) is 0 Å². The highest BCUT2D eigenvalue weighted by Crippen LogP contribution is 2.17. The molecule has 0 aliphatic heterocycles. The number of amides is 2. The summed E-state index contributed by atoms with van der Waals surface area (Å²) < 4.78 is 11.0. The van der Waals surface area contributed by atoms with E-state index in [0.717, 1.165) is 28.1 Å². The molecule has 0 bridgehead atoms. The second-order valence-corrected chi connectivity index (χ2v) is 7.13. The van der Waals surface area contributed by atoms with Crippen LogP contribution in [0, 0.1) is 20.8 Å². The smallest absolute Gasteiger partial charge is 0.321 e. The van der Waals surface area contributed by atoms with E-state index in [0.29, 0.717) is 24.7 Å². The predicted octanol–water partition coefficient (Wildman–Crippen LogP) is 4.28. The molecule has 1 aromatic heterocycles. The Morgan fingerprint density at radius 2 is 1.86 bits per heavy atom. The first-order chi connectivity index (χ1) is 13.9. The Labute approximate surface area is 170 Å². The van der Waals surface area contributed by atoms with Gasteiger partial charge in [0.25, 0.3) is 5.89 Å². The van der Waals surface area contributed by atoms with Crippen LogP contribution in [0.4, 0.5) is 10.5 Å². The molecule has 0 aliphatic carbocycles. The molecule has 0 unspecified atom stereocenters. The molecule has 0 spiro atoms. The number of ether oxygens (including phenoxy) is 1. The summed E-state index contributed by atoms with van der Waals surface area (Å²) in [5, 5.41) is 6.87. The summed E-state index contributed by atoms with van der Waals surface area (Å²) in [6.07, 6.45) is 0.491. The van der Waals surface area contributed by atoms with Gasteiger partial charge < -0.3 is 19.5 Å². The van der Waals surface area contributed by atoms with Crippen LogP contribution >= 0.6 is 0 Å². The van der Waals surface area contributed by atoms with Gasteiger partial charge >= 0.3 is 6.03 Å². The number of nitrogens with one attached hydrogen (secondary N) is 1. The van der Waals surface area contributed by atoms with Crippen LogP contribution in [0.15, 0.2) is 47.0 Å². The normalized spacial score (nSPS) is 10.6. The fraction of sp³-hybridized carbons (Fsp3) is 0.318. The van der Waals surface area contributed by atoms with Gasteiger partial charge in [0.2, 0.25) is 0 Å². The van der Waals surface area contributed by atoms with Crippen molar-refractivity contribution in [1.82, 2.24) is 15.0 Å². The Hall–Kier alpha value is -3.35. The summed E-state index contributed by atoms with van der Waals surface area (Å²) in [4.78, 5) is 18.3. The zero-order valence-electron chi connectivity index (χ0n) is 17.2. The summed E-state index contributed by atoms with van der Waals surface area (Å²) in [6.45, 7) is 6.68. The van der Waals surface area contributed by atoms with Crippen LogP contribution < -0.4 is 10.1 Å². The van der Waals surface area contributed by atoms with Crippen LogP contribution in [0.1, 0.15) is 28.4 Å². The molecule has 1 N–H and O–H groups in total. The molecule has 3 aromatic rings. The Kier molecular flexibility index (Phi) is 6.49. The lowest BCUT2D eigenvalue weighted by Gasteiger charge is -2.18. The lowest BCUT2D eigenvalue weighted by atomic mass is 10.1. The number of carbonyl (C=O) groups excluding carboxylic acids is 1. The highest BCUT2D eigenvalue weighted by molar-refractivity contribution is 5.89. The summed E-state index contributed by atoms with van der Waals surface area (Å²) in [6, 6.07) is 13.5. The zero-order chi connectivity index (χ0) is 20.8. The third-order valence-electron chi connectivity index (χ3n) is 4.47. The monoisotopic (exact) mass is 394 g/mol. The molecule has 2 aromatic carbocycles. The van der Waals surface area contributed by atoms with Crippen LogP contribution in [0.3, 0.4) is 0 Å². The molecule has 2 amide bonds. The molecule has 7 heteroatoms. The number of nitrogens with zero attached hydrogens (tertiary/aromatic N) is 3. The van der Waals surface area contributed by atoms with Crippen molar-refractivity contribution in [2.24, 2.45) is 0 Å². The molecule has 1 heterocycles. The Morgan fingerprint density at radius 1 is 1.14 bits per heavy atom. The van der Waals surface area contributed by atoms with Gasteiger partial charge in [-0.2, -0.15) is 4.98 Å². The van der Waals surface area contributed by atoms with Crippen molar-refractivity contribution < 1.29 is 14.1 Å². The van der Waals surface area contributed by atoms with Gasteiger partial charge in [0, 0.05) is 25.7 Å². The topological polar surface area (TPSA) is 80.5 Å². The average molecular weight is 394 g/mol. The van der Waals surface area contributed by atoms with Crippen LogP contribution in [0.5, 0.6) is 5.75 Å². The van der Waals surface area contributed by atoms with E-state index >= 15 is 0 Å². The first-order valence-electron chi connectivity index (χ1n) is 9.51. The Bertz CT molecular complexity index is 963. The van der Waals surface area contributed by atoms with Crippen LogP contribution in [0.25, 0.3) is 0 Å². The number of likely N-dealkylation sites (N-methyl/N-ethyl adjacent to an activating group) is 1. The summed E-state index contributed by atoms with van der Waals surface area (Å²) >= 11 is 0. The summed E-state index contributed by atoms with van der Waals surface area (Å²) in [5.41, 5.74) is 4.09. The van der Waals surface area contributed by atoms with Crippen molar-refractivity contribution in [3.8, 4) is 5.75 Å². The second-order valence-electron chi connectivity index (χ2n) is 7.13. The number of carbonyl (C=O) groups is 1. The van der Waals surface area contributed by atoms with Gasteiger partial charge in [-0.25, -0.2) is 4.79 Å².